The maximum atomic E-state index is 10.8. The second-order valence-electron chi connectivity index (χ2n) is 5.84. The van der Waals surface area contributed by atoms with Gasteiger partial charge in [0.1, 0.15) is 5.66 Å². The molecule has 1 aliphatic rings. The fraction of sp³-hybridized carbons (Fsp3) is 0.500. The number of nitrogens with zero attached hydrogens (tertiary/aromatic N) is 2. The second kappa shape index (κ2) is 7.08. The molecule has 0 saturated heterocycles. The smallest absolute Gasteiger partial charge is 0.269 e. The summed E-state index contributed by atoms with van der Waals surface area (Å²) in [6.07, 6.45) is 3.06. The number of halogens is 1. The molecular weight excluding hydrogens is 318 g/mol. The molecule has 0 aliphatic carbocycles. The van der Waals surface area contributed by atoms with Crippen molar-refractivity contribution in [3.63, 3.8) is 0 Å². The first-order valence-corrected chi connectivity index (χ1v) is 8.02. The Morgan fingerprint density at radius 1 is 1.39 bits per heavy atom. The number of ether oxygens (including phenoxy) is 1. The molecule has 126 valence electrons. The van der Waals surface area contributed by atoms with E-state index in [0.29, 0.717) is 17.6 Å². The lowest BCUT2D eigenvalue weighted by molar-refractivity contribution is -0.384. The van der Waals surface area contributed by atoms with Gasteiger partial charge in [0.25, 0.3) is 5.69 Å². The van der Waals surface area contributed by atoms with Crippen molar-refractivity contribution in [3.8, 4) is 0 Å². The number of nitro benzene ring substituents is 1. The summed E-state index contributed by atoms with van der Waals surface area (Å²) < 4.78 is 5.45. The SMILES string of the molecule is CCCCC1(C)NC(Cl)=C(OC)N1Cc1ccc([N+](=O)[O-])cc1. The Labute approximate surface area is 141 Å². The van der Waals surface area contributed by atoms with Gasteiger partial charge in [-0.2, -0.15) is 0 Å². The molecule has 1 aromatic rings. The number of nitrogens with one attached hydrogen (secondary N) is 1. The van der Waals surface area contributed by atoms with Gasteiger partial charge in [0.15, 0.2) is 5.16 Å². The lowest BCUT2D eigenvalue weighted by atomic mass is 10.0. The van der Waals surface area contributed by atoms with Gasteiger partial charge in [-0.1, -0.05) is 37.1 Å². The molecule has 23 heavy (non-hydrogen) atoms. The van der Waals surface area contributed by atoms with Crippen molar-refractivity contribution in [2.24, 2.45) is 0 Å². The molecule has 1 unspecified atom stereocenters. The highest BCUT2D eigenvalue weighted by Gasteiger charge is 2.41. The maximum Gasteiger partial charge on any atom is 0.269 e. The fourth-order valence-electron chi connectivity index (χ4n) is 2.77. The minimum atomic E-state index is -0.399. The molecule has 1 aliphatic heterocycles. The summed E-state index contributed by atoms with van der Waals surface area (Å²) in [5, 5.41) is 14.6. The lowest BCUT2D eigenvalue weighted by Crippen LogP contribution is -2.49. The highest BCUT2D eigenvalue weighted by atomic mass is 35.5. The van der Waals surface area contributed by atoms with Crippen molar-refractivity contribution in [1.29, 1.82) is 0 Å². The molecule has 7 heteroatoms. The van der Waals surface area contributed by atoms with E-state index in [1.54, 1.807) is 19.2 Å². The second-order valence-corrected chi connectivity index (χ2v) is 6.21. The zero-order valence-corrected chi connectivity index (χ0v) is 14.4. The zero-order valence-electron chi connectivity index (χ0n) is 13.6. The summed E-state index contributed by atoms with van der Waals surface area (Å²) in [6.45, 7) is 4.79. The van der Waals surface area contributed by atoms with Gasteiger partial charge in [-0.05, 0) is 25.3 Å². The van der Waals surface area contributed by atoms with Crippen LogP contribution < -0.4 is 5.32 Å². The van der Waals surface area contributed by atoms with Gasteiger partial charge in [0.05, 0.1) is 12.0 Å². The van der Waals surface area contributed by atoms with E-state index in [-0.39, 0.29) is 11.4 Å². The minimum absolute atomic E-state index is 0.0857. The van der Waals surface area contributed by atoms with Gasteiger partial charge in [0.2, 0.25) is 5.88 Å². The summed E-state index contributed by atoms with van der Waals surface area (Å²) in [5.41, 5.74) is 0.712. The monoisotopic (exact) mass is 339 g/mol. The normalized spacial score (nSPS) is 20.6. The molecule has 6 nitrogen and oxygen atoms in total. The molecule has 0 spiro atoms. The first-order valence-electron chi connectivity index (χ1n) is 7.64. The number of methoxy groups -OCH3 is 1. The topological polar surface area (TPSA) is 67.6 Å². The first-order chi connectivity index (χ1) is 10.9. The number of hydrogen-bond donors (Lipinski definition) is 1. The van der Waals surface area contributed by atoms with Crippen molar-refractivity contribution < 1.29 is 9.66 Å². The van der Waals surface area contributed by atoms with Crippen molar-refractivity contribution in [3.05, 3.63) is 51.0 Å². The van der Waals surface area contributed by atoms with Crippen molar-refractivity contribution in [1.82, 2.24) is 10.2 Å². The average molecular weight is 340 g/mol. The number of hydrogen-bond acceptors (Lipinski definition) is 5. The van der Waals surface area contributed by atoms with E-state index in [0.717, 1.165) is 24.8 Å². The summed E-state index contributed by atoms with van der Waals surface area (Å²) >= 11 is 6.28. The Kier molecular flexibility index (Phi) is 5.36. The molecule has 1 aromatic carbocycles. The molecule has 1 atom stereocenters. The van der Waals surface area contributed by atoms with Crippen LogP contribution in [0.4, 0.5) is 5.69 Å². The molecule has 0 amide bonds. The molecule has 0 aromatic heterocycles. The van der Waals surface area contributed by atoms with Gasteiger partial charge in [-0.15, -0.1) is 0 Å². The van der Waals surface area contributed by atoms with E-state index in [1.807, 2.05) is 0 Å². The molecule has 0 radical (unpaired) electrons. The van der Waals surface area contributed by atoms with Crippen LogP contribution in [0.3, 0.4) is 0 Å². The predicted octanol–water partition coefficient (Wildman–Crippen LogP) is 3.92. The van der Waals surface area contributed by atoms with Crippen LogP contribution in [0.15, 0.2) is 35.3 Å². The zero-order chi connectivity index (χ0) is 17.0. The Morgan fingerprint density at radius 2 is 2.04 bits per heavy atom. The van der Waals surface area contributed by atoms with Crippen LogP contribution in [-0.4, -0.2) is 22.6 Å². The molecule has 1 heterocycles. The Hall–Kier alpha value is -1.95. The number of benzene rings is 1. The van der Waals surface area contributed by atoms with E-state index >= 15 is 0 Å². The largest absolute Gasteiger partial charge is 0.480 e. The maximum absolute atomic E-state index is 10.8. The third-order valence-corrected chi connectivity index (χ3v) is 4.36. The minimum Gasteiger partial charge on any atom is -0.480 e. The lowest BCUT2D eigenvalue weighted by Gasteiger charge is -2.37. The van der Waals surface area contributed by atoms with E-state index in [4.69, 9.17) is 16.3 Å². The number of unbranched alkanes of at least 4 members (excludes halogenated alkanes) is 1. The van der Waals surface area contributed by atoms with Gasteiger partial charge in [-0.25, -0.2) is 0 Å². The van der Waals surface area contributed by atoms with Crippen molar-refractivity contribution >= 4 is 17.3 Å². The van der Waals surface area contributed by atoms with Crippen LogP contribution >= 0.6 is 11.6 Å². The van der Waals surface area contributed by atoms with E-state index in [1.165, 1.54) is 12.1 Å². The van der Waals surface area contributed by atoms with Crippen LogP contribution in [0.25, 0.3) is 0 Å². The summed E-state index contributed by atoms with van der Waals surface area (Å²) in [6, 6.07) is 6.55. The van der Waals surface area contributed by atoms with E-state index in [2.05, 4.69) is 24.1 Å². The number of rotatable bonds is 7. The van der Waals surface area contributed by atoms with Gasteiger partial charge in [-0.3, -0.25) is 10.1 Å². The van der Waals surface area contributed by atoms with Crippen LogP contribution in [-0.2, 0) is 11.3 Å². The standard InChI is InChI=1S/C16H22ClN3O3/c1-4-5-10-16(2)18-14(17)15(23-3)19(16)11-12-6-8-13(9-7-12)20(21)22/h6-9,18H,4-5,10-11H2,1-3H3. The highest BCUT2D eigenvalue weighted by molar-refractivity contribution is 6.29. The van der Waals surface area contributed by atoms with Crippen LogP contribution in [0.2, 0.25) is 0 Å². The highest BCUT2D eigenvalue weighted by Crippen LogP contribution is 2.35. The van der Waals surface area contributed by atoms with Gasteiger partial charge < -0.3 is 15.0 Å². The van der Waals surface area contributed by atoms with Crippen molar-refractivity contribution in [2.75, 3.05) is 7.11 Å². The summed E-state index contributed by atoms with van der Waals surface area (Å²) in [4.78, 5) is 12.4. The van der Waals surface area contributed by atoms with Crippen LogP contribution in [0.1, 0.15) is 38.7 Å². The third kappa shape index (κ3) is 3.69. The summed E-state index contributed by atoms with van der Waals surface area (Å²) in [7, 11) is 1.59. The van der Waals surface area contributed by atoms with Crippen LogP contribution in [0.5, 0.6) is 0 Å². The number of non-ortho nitro benzene ring substituents is 1. The number of nitro groups is 1. The predicted molar refractivity (Wildman–Crippen MR) is 89.6 cm³/mol. The molecule has 0 bridgehead atoms. The molecule has 0 fully saturated rings. The van der Waals surface area contributed by atoms with Crippen LogP contribution in [0, 0.1) is 10.1 Å². The fourth-order valence-corrected chi connectivity index (χ4v) is 3.15. The molecular formula is C16H22ClN3O3. The quantitative estimate of drug-likeness (QED) is 0.463. The van der Waals surface area contributed by atoms with Crippen molar-refractivity contribution in [2.45, 2.75) is 45.3 Å². The molecule has 2 rings (SSSR count). The van der Waals surface area contributed by atoms with E-state index < -0.39 is 4.92 Å². The molecule has 0 saturated carbocycles. The Balaban J connectivity index is 2.23. The Bertz CT molecular complexity index is 603. The molecule has 1 N–H and O–H groups in total. The first kappa shape index (κ1) is 17.4. The van der Waals surface area contributed by atoms with E-state index in [9.17, 15) is 10.1 Å². The van der Waals surface area contributed by atoms with Gasteiger partial charge >= 0.3 is 0 Å². The Morgan fingerprint density at radius 3 is 2.57 bits per heavy atom. The van der Waals surface area contributed by atoms with Gasteiger partial charge in [0, 0.05) is 18.7 Å². The third-order valence-electron chi connectivity index (χ3n) is 4.11. The summed E-state index contributed by atoms with van der Waals surface area (Å²) in [5.74, 6) is 0.601. The average Bonchev–Trinajstić information content (AvgIpc) is 2.76.